The molecule has 0 saturated carbocycles. The van der Waals surface area contributed by atoms with E-state index in [1.165, 1.54) is 0 Å². The number of amides is 2. The van der Waals surface area contributed by atoms with E-state index >= 15 is 0 Å². The minimum Gasteiger partial charge on any atom is -0.387 e. The Labute approximate surface area is 127 Å². The van der Waals surface area contributed by atoms with Crippen molar-refractivity contribution in [1.82, 2.24) is 20.2 Å². The topological polar surface area (TPSA) is 79.2 Å². The number of halogens is 1. The first kappa shape index (κ1) is 15.3. The van der Waals surface area contributed by atoms with Gasteiger partial charge in [0.05, 0.1) is 12.4 Å². The molecule has 7 heteroatoms. The Morgan fingerprint density at radius 3 is 3.00 bits per heavy atom. The van der Waals surface area contributed by atoms with Crippen LogP contribution in [0, 0.1) is 0 Å². The average Bonchev–Trinajstić information content (AvgIpc) is 2.98. The summed E-state index contributed by atoms with van der Waals surface area (Å²) in [4.78, 5) is 15.5. The summed E-state index contributed by atoms with van der Waals surface area (Å²) in [6.45, 7) is 1.25. The lowest BCUT2D eigenvalue weighted by Crippen LogP contribution is -2.39. The fourth-order valence-corrected chi connectivity index (χ4v) is 2.00. The molecule has 0 fully saturated rings. The predicted molar refractivity (Wildman–Crippen MR) is 80.0 cm³/mol. The minimum absolute atomic E-state index is 0.122. The van der Waals surface area contributed by atoms with E-state index in [-0.39, 0.29) is 12.6 Å². The van der Waals surface area contributed by atoms with Crippen molar-refractivity contribution in [2.45, 2.75) is 12.6 Å². The Kier molecular flexibility index (Phi) is 5.59. The van der Waals surface area contributed by atoms with Crippen molar-refractivity contribution in [1.29, 1.82) is 0 Å². The number of imidazole rings is 1. The fraction of sp³-hybridized carbons (Fsp3) is 0.286. The summed E-state index contributed by atoms with van der Waals surface area (Å²) in [5.74, 6) is 0. The molecule has 1 atom stereocenters. The van der Waals surface area contributed by atoms with Crippen LogP contribution in [0.5, 0.6) is 0 Å². The lowest BCUT2D eigenvalue weighted by Gasteiger charge is -2.13. The predicted octanol–water partition coefficient (Wildman–Crippen LogP) is 1.57. The van der Waals surface area contributed by atoms with Crippen LogP contribution in [0.2, 0.25) is 5.02 Å². The lowest BCUT2D eigenvalue weighted by atomic mass is 10.1. The van der Waals surface area contributed by atoms with E-state index < -0.39 is 6.10 Å². The van der Waals surface area contributed by atoms with Gasteiger partial charge in [0.1, 0.15) is 0 Å². The summed E-state index contributed by atoms with van der Waals surface area (Å²) in [5.41, 5.74) is 0.668. The molecule has 0 spiro atoms. The highest BCUT2D eigenvalue weighted by molar-refractivity contribution is 6.30. The molecular weight excluding hydrogens is 292 g/mol. The number of hydrogen-bond donors (Lipinski definition) is 3. The van der Waals surface area contributed by atoms with Crippen LogP contribution < -0.4 is 10.6 Å². The molecule has 1 aromatic carbocycles. The molecule has 21 heavy (non-hydrogen) atoms. The first-order valence-electron chi connectivity index (χ1n) is 6.56. The van der Waals surface area contributed by atoms with Crippen LogP contribution in [0.1, 0.15) is 11.7 Å². The van der Waals surface area contributed by atoms with Crippen LogP contribution >= 0.6 is 11.6 Å². The third-order valence-corrected chi connectivity index (χ3v) is 3.14. The van der Waals surface area contributed by atoms with E-state index in [4.69, 9.17) is 11.6 Å². The van der Waals surface area contributed by atoms with Gasteiger partial charge in [0.2, 0.25) is 0 Å². The first-order valence-corrected chi connectivity index (χ1v) is 6.94. The van der Waals surface area contributed by atoms with E-state index in [0.717, 1.165) is 0 Å². The number of rotatable bonds is 6. The van der Waals surface area contributed by atoms with Crippen molar-refractivity contribution < 1.29 is 9.90 Å². The van der Waals surface area contributed by atoms with Gasteiger partial charge in [-0.25, -0.2) is 9.78 Å². The second kappa shape index (κ2) is 7.66. The molecule has 0 saturated heterocycles. The van der Waals surface area contributed by atoms with Gasteiger partial charge in [-0.05, 0) is 17.7 Å². The number of aromatic nitrogens is 2. The Hall–Kier alpha value is -2.05. The maximum atomic E-state index is 11.6. The molecule has 1 aromatic heterocycles. The molecule has 0 radical (unpaired) electrons. The minimum atomic E-state index is -0.789. The highest BCUT2D eigenvalue weighted by Gasteiger charge is 2.09. The SMILES string of the molecule is O=C(NCCn1ccnc1)NC[C@H](O)c1cccc(Cl)c1. The highest BCUT2D eigenvalue weighted by atomic mass is 35.5. The maximum absolute atomic E-state index is 11.6. The van der Waals surface area contributed by atoms with Gasteiger partial charge in [-0.2, -0.15) is 0 Å². The van der Waals surface area contributed by atoms with Gasteiger partial charge in [-0.3, -0.25) is 0 Å². The van der Waals surface area contributed by atoms with Gasteiger partial charge in [0.25, 0.3) is 0 Å². The molecule has 112 valence electrons. The summed E-state index contributed by atoms with van der Waals surface area (Å²) in [7, 11) is 0. The standard InChI is InChI=1S/C14H17ClN4O2/c15-12-3-1-2-11(8-12)13(20)9-18-14(21)17-5-7-19-6-4-16-10-19/h1-4,6,8,10,13,20H,5,7,9H2,(H2,17,18,21)/t13-/m0/s1. The average molecular weight is 309 g/mol. The van der Waals surface area contributed by atoms with Crippen molar-refractivity contribution in [2.75, 3.05) is 13.1 Å². The number of carbonyl (C=O) groups is 1. The van der Waals surface area contributed by atoms with Crippen molar-refractivity contribution in [2.24, 2.45) is 0 Å². The summed E-state index contributed by atoms with van der Waals surface area (Å²) in [5, 5.41) is 15.8. The molecule has 0 aliphatic rings. The number of nitrogens with one attached hydrogen (secondary N) is 2. The van der Waals surface area contributed by atoms with Crippen LogP contribution in [0.25, 0.3) is 0 Å². The lowest BCUT2D eigenvalue weighted by molar-refractivity contribution is 0.173. The Morgan fingerprint density at radius 1 is 1.43 bits per heavy atom. The quantitative estimate of drug-likeness (QED) is 0.758. The Bertz CT molecular complexity index is 574. The van der Waals surface area contributed by atoms with Gasteiger partial charge in [-0.1, -0.05) is 23.7 Å². The zero-order chi connectivity index (χ0) is 15.1. The Balaban J connectivity index is 1.68. The number of hydrogen-bond acceptors (Lipinski definition) is 3. The van der Waals surface area contributed by atoms with E-state index in [0.29, 0.717) is 23.7 Å². The van der Waals surface area contributed by atoms with Crippen molar-refractivity contribution in [3.05, 3.63) is 53.6 Å². The molecule has 6 nitrogen and oxygen atoms in total. The van der Waals surface area contributed by atoms with Crippen LogP contribution in [-0.4, -0.2) is 33.8 Å². The molecule has 0 aliphatic carbocycles. The zero-order valence-corrected chi connectivity index (χ0v) is 12.1. The number of aliphatic hydroxyl groups is 1. The van der Waals surface area contributed by atoms with Gasteiger partial charge >= 0.3 is 6.03 Å². The largest absolute Gasteiger partial charge is 0.387 e. The summed E-state index contributed by atoms with van der Waals surface area (Å²) in [6, 6.07) is 6.59. The Morgan fingerprint density at radius 2 is 2.29 bits per heavy atom. The highest BCUT2D eigenvalue weighted by Crippen LogP contribution is 2.16. The molecule has 3 N–H and O–H groups in total. The smallest absolute Gasteiger partial charge is 0.314 e. The molecule has 2 aromatic rings. The molecule has 0 aliphatic heterocycles. The van der Waals surface area contributed by atoms with Gasteiger partial charge in [-0.15, -0.1) is 0 Å². The van der Waals surface area contributed by atoms with E-state index in [9.17, 15) is 9.90 Å². The van der Waals surface area contributed by atoms with Gasteiger partial charge < -0.3 is 20.3 Å². The molecule has 1 heterocycles. The second-order valence-corrected chi connectivity index (χ2v) is 4.94. The summed E-state index contributed by atoms with van der Waals surface area (Å²) >= 11 is 5.85. The molecule has 0 unspecified atom stereocenters. The molecule has 2 rings (SSSR count). The van der Waals surface area contributed by atoms with Crippen molar-refractivity contribution >= 4 is 17.6 Å². The van der Waals surface area contributed by atoms with Crippen molar-refractivity contribution in [3.8, 4) is 0 Å². The fourth-order valence-electron chi connectivity index (χ4n) is 1.80. The van der Waals surface area contributed by atoms with Gasteiger partial charge in [0, 0.05) is 37.1 Å². The van der Waals surface area contributed by atoms with Crippen LogP contribution in [0.3, 0.4) is 0 Å². The van der Waals surface area contributed by atoms with E-state index in [2.05, 4.69) is 15.6 Å². The number of urea groups is 1. The maximum Gasteiger partial charge on any atom is 0.314 e. The van der Waals surface area contributed by atoms with Crippen molar-refractivity contribution in [3.63, 3.8) is 0 Å². The number of aliphatic hydroxyl groups excluding tert-OH is 1. The third-order valence-electron chi connectivity index (χ3n) is 2.90. The molecular formula is C14H17ClN4O2. The number of nitrogens with zero attached hydrogens (tertiary/aromatic N) is 2. The van der Waals surface area contributed by atoms with Crippen LogP contribution in [0.15, 0.2) is 43.0 Å². The van der Waals surface area contributed by atoms with E-state index in [1.807, 2.05) is 10.8 Å². The van der Waals surface area contributed by atoms with Crippen LogP contribution in [-0.2, 0) is 6.54 Å². The van der Waals surface area contributed by atoms with Crippen LogP contribution in [0.4, 0.5) is 4.79 Å². The number of carbonyl (C=O) groups excluding carboxylic acids is 1. The monoisotopic (exact) mass is 308 g/mol. The first-order chi connectivity index (χ1) is 10.1. The summed E-state index contributed by atoms with van der Waals surface area (Å²) < 4.78 is 1.86. The summed E-state index contributed by atoms with van der Waals surface area (Å²) in [6.07, 6.45) is 4.40. The molecule has 0 bridgehead atoms. The number of benzene rings is 1. The third kappa shape index (κ3) is 5.09. The molecule has 2 amide bonds. The van der Waals surface area contributed by atoms with Gasteiger partial charge in [0.15, 0.2) is 0 Å². The normalized spacial score (nSPS) is 11.9. The zero-order valence-electron chi connectivity index (χ0n) is 11.4. The second-order valence-electron chi connectivity index (χ2n) is 4.51. The van der Waals surface area contributed by atoms with E-state index in [1.54, 1.807) is 36.8 Å².